The van der Waals surface area contributed by atoms with Gasteiger partial charge in [0.25, 0.3) is 0 Å². The van der Waals surface area contributed by atoms with Gasteiger partial charge in [-0.05, 0) is 42.8 Å². The van der Waals surface area contributed by atoms with Gasteiger partial charge < -0.3 is 4.74 Å². The van der Waals surface area contributed by atoms with Crippen molar-refractivity contribution in [1.29, 1.82) is 0 Å². The Kier molecular flexibility index (Phi) is 4.16. The molecule has 0 spiro atoms. The zero-order valence-electron chi connectivity index (χ0n) is 14.3. The smallest absolute Gasteiger partial charge is 0.237 e. The average molecular weight is 364 g/mol. The van der Waals surface area contributed by atoms with Crippen molar-refractivity contribution in [2.45, 2.75) is 6.92 Å². The molecule has 0 bridgehead atoms. The van der Waals surface area contributed by atoms with E-state index in [1.165, 1.54) is 22.8 Å². The van der Waals surface area contributed by atoms with Crippen LogP contribution >= 0.6 is 0 Å². The summed E-state index contributed by atoms with van der Waals surface area (Å²) in [4.78, 5) is 12.3. The second-order valence-electron chi connectivity index (χ2n) is 6.07. The molecule has 0 saturated heterocycles. The molecule has 0 aliphatic rings. The molecule has 4 aromatic rings. The molecule has 2 aromatic carbocycles. The number of aromatic nitrogens is 2. The van der Waals surface area contributed by atoms with Crippen LogP contribution < -0.4 is 10.2 Å². The van der Waals surface area contributed by atoms with Crippen LogP contribution in [0.15, 0.2) is 71.7 Å². The van der Waals surface area contributed by atoms with E-state index < -0.39 is 17.1 Å². The van der Waals surface area contributed by atoms with E-state index in [2.05, 4.69) is 5.10 Å². The van der Waals surface area contributed by atoms with E-state index in [1.807, 2.05) is 25.1 Å². The Morgan fingerprint density at radius 1 is 0.926 bits per heavy atom. The van der Waals surface area contributed by atoms with E-state index in [-0.39, 0.29) is 22.5 Å². The molecular formula is C21H14F2N2O2. The number of hydrogen-bond acceptors (Lipinski definition) is 3. The molecule has 6 heteroatoms. The fraction of sp³-hybridized carbons (Fsp3) is 0.0476. The molecule has 0 aliphatic carbocycles. The Morgan fingerprint density at radius 3 is 2.41 bits per heavy atom. The van der Waals surface area contributed by atoms with Crippen molar-refractivity contribution in [3.05, 3.63) is 94.3 Å². The Bertz CT molecular complexity index is 1200. The highest BCUT2D eigenvalue weighted by Gasteiger charge is 2.18. The Labute approximate surface area is 153 Å². The monoisotopic (exact) mass is 364 g/mol. The topological polar surface area (TPSA) is 43.6 Å². The van der Waals surface area contributed by atoms with E-state index >= 15 is 0 Å². The molecule has 0 atom stereocenters. The molecule has 134 valence electrons. The normalized spacial score (nSPS) is 10.9. The van der Waals surface area contributed by atoms with Crippen LogP contribution in [-0.4, -0.2) is 9.61 Å². The minimum Gasteiger partial charge on any atom is -0.438 e. The predicted molar refractivity (Wildman–Crippen MR) is 98.1 cm³/mol. The van der Waals surface area contributed by atoms with Gasteiger partial charge in [-0.3, -0.25) is 4.79 Å². The van der Waals surface area contributed by atoms with Crippen LogP contribution in [0.25, 0.3) is 16.6 Å². The molecule has 27 heavy (non-hydrogen) atoms. The first-order valence-electron chi connectivity index (χ1n) is 8.24. The van der Waals surface area contributed by atoms with Gasteiger partial charge in [-0.1, -0.05) is 18.2 Å². The Morgan fingerprint density at radius 2 is 1.67 bits per heavy atom. The number of pyridine rings is 1. The zero-order valence-corrected chi connectivity index (χ0v) is 14.3. The molecule has 2 aromatic heterocycles. The lowest BCUT2D eigenvalue weighted by Gasteiger charge is -2.11. The summed E-state index contributed by atoms with van der Waals surface area (Å²) in [6, 6.07) is 15.3. The maximum atomic E-state index is 14.2. The lowest BCUT2D eigenvalue weighted by molar-refractivity contribution is 0.452. The van der Waals surface area contributed by atoms with E-state index in [9.17, 15) is 13.6 Å². The third kappa shape index (κ3) is 3.17. The molecule has 0 amide bonds. The number of benzene rings is 2. The van der Waals surface area contributed by atoms with E-state index in [4.69, 9.17) is 4.74 Å². The molecule has 0 aliphatic heterocycles. The summed E-state index contributed by atoms with van der Waals surface area (Å²) < 4.78 is 35.5. The van der Waals surface area contributed by atoms with Crippen LogP contribution in [0.3, 0.4) is 0 Å². The number of ether oxygens (including phenoxy) is 1. The highest BCUT2D eigenvalue weighted by atomic mass is 19.1. The van der Waals surface area contributed by atoms with Gasteiger partial charge in [-0.25, -0.2) is 13.3 Å². The lowest BCUT2D eigenvalue weighted by atomic mass is 10.0. The molecule has 4 nitrogen and oxygen atoms in total. The number of aryl methyl sites for hydroxylation is 1. The van der Waals surface area contributed by atoms with Crippen molar-refractivity contribution >= 4 is 5.52 Å². The molecule has 0 N–H and O–H groups in total. The van der Waals surface area contributed by atoms with Gasteiger partial charge in [-0.2, -0.15) is 0 Å². The quantitative estimate of drug-likeness (QED) is 0.527. The van der Waals surface area contributed by atoms with Crippen molar-refractivity contribution in [2.75, 3.05) is 0 Å². The molecule has 4 rings (SSSR count). The average Bonchev–Trinajstić information content (AvgIpc) is 2.63. The van der Waals surface area contributed by atoms with Crippen LogP contribution in [-0.2, 0) is 0 Å². The second-order valence-corrected chi connectivity index (χ2v) is 6.07. The van der Waals surface area contributed by atoms with Crippen LogP contribution in [0.2, 0.25) is 0 Å². The van der Waals surface area contributed by atoms with Gasteiger partial charge in [0, 0.05) is 18.3 Å². The fourth-order valence-corrected chi connectivity index (χ4v) is 2.92. The number of hydrogen-bond donors (Lipinski definition) is 0. The second kappa shape index (κ2) is 6.64. The van der Waals surface area contributed by atoms with Crippen molar-refractivity contribution in [3.63, 3.8) is 0 Å². The minimum atomic E-state index is -0.805. The molecule has 0 unspecified atom stereocenters. The van der Waals surface area contributed by atoms with Crippen molar-refractivity contribution < 1.29 is 13.5 Å². The molecule has 0 radical (unpaired) electrons. The van der Waals surface area contributed by atoms with Gasteiger partial charge in [-0.15, -0.1) is 5.10 Å². The van der Waals surface area contributed by atoms with Crippen LogP contribution in [0.5, 0.6) is 11.6 Å². The van der Waals surface area contributed by atoms with Gasteiger partial charge in [0.2, 0.25) is 5.88 Å². The Hall–Kier alpha value is -3.54. The summed E-state index contributed by atoms with van der Waals surface area (Å²) >= 11 is 0. The van der Waals surface area contributed by atoms with Crippen molar-refractivity contribution in [2.24, 2.45) is 0 Å². The maximum Gasteiger partial charge on any atom is 0.237 e. The number of nitrogens with zero attached hydrogens (tertiary/aromatic N) is 2. The number of halogens is 2. The molecule has 2 heterocycles. The number of rotatable bonds is 3. The third-order valence-electron chi connectivity index (χ3n) is 4.13. The van der Waals surface area contributed by atoms with E-state index in [0.29, 0.717) is 5.75 Å². The third-order valence-corrected chi connectivity index (χ3v) is 4.13. The van der Waals surface area contributed by atoms with Crippen LogP contribution in [0, 0.1) is 18.6 Å². The predicted octanol–water partition coefficient (Wildman–Crippen LogP) is 4.74. The summed E-state index contributed by atoms with van der Waals surface area (Å²) in [5.41, 5.74) is 0.378. The summed E-state index contributed by atoms with van der Waals surface area (Å²) in [6.45, 7) is 1.94. The summed E-state index contributed by atoms with van der Waals surface area (Å²) in [5.74, 6) is -0.708. The summed E-state index contributed by atoms with van der Waals surface area (Å²) in [7, 11) is 0. The highest BCUT2D eigenvalue weighted by molar-refractivity contribution is 5.80. The maximum absolute atomic E-state index is 14.2. The van der Waals surface area contributed by atoms with Gasteiger partial charge in [0.15, 0.2) is 5.43 Å². The van der Waals surface area contributed by atoms with E-state index in [1.54, 1.807) is 18.2 Å². The van der Waals surface area contributed by atoms with Crippen molar-refractivity contribution in [3.8, 4) is 22.8 Å². The molecule has 0 fully saturated rings. The first kappa shape index (κ1) is 16.9. The van der Waals surface area contributed by atoms with Crippen LogP contribution in [0.1, 0.15) is 5.56 Å². The first-order chi connectivity index (χ1) is 13.0. The Balaban J connectivity index is 1.85. The zero-order chi connectivity index (χ0) is 19.0. The van der Waals surface area contributed by atoms with Gasteiger partial charge >= 0.3 is 0 Å². The first-order valence-corrected chi connectivity index (χ1v) is 8.24. The fourth-order valence-electron chi connectivity index (χ4n) is 2.92. The minimum absolute atomic E-state index is 0.0808. The van der Waals surface area contributed by atoms with Crippen LogP contribution in [0.4, 0.5) is 8.78 Å². The largest absolute Gasteiger partial charge is 0.438 e. The SMILES string of the molecule is Cc1cccc(Oc2ccc3c(-c4c(F)cccc4F)c(=O)ccn3n2)c1. The summed E-state index contributed by atoms with van der Waals surface area (Å²) in [6.07, 6.45) is 1.43. The van der Waals surface area contributed by atoms with Gasteiger partial charge in [0.1, 0.15) is 17.4 Å². The molecule has 0 saturated carbocycles. The number of fused-ring (bicyclic) bond motifs is 1. The highest BCUT2D eigenvalue weighted by Crippen LogP contribution is 2.28. The van der Waals surface area contributed by atoms with Crippen molar-refractivity contribution in [1.82, 2.24) is 9.61 Å². The van der Waals surface area contributed by atoms with Gasteiger partial charge in [0.05, 0.1) is 16.6 Å². The lowest BCUT2D eigenvalue weighted by Crippen LogP contribution is -2.11. The van der Waals surface area contributed by atoms with E-state index in [0.717, 1.165) is 17.7 Å². The summed E-state index contributed by atoms with van der Waals surface area (Å²) in [5, 5.41) is 4.30. The standard InChI is InChI=1S/C21H14F2N2O2/c1-13-4-2-5-14(12-13)27-19-9-8-17-21(18(26)10-11-25(17)24-19)20-15(22)6-3-7-16(20)23/h2-12H,1H3. The molecular weight excluding hydrogens is 350 g/mol.